The Morgan fingerprint density at radius 2 is 1.23 bits per heavy atom. The molecule has 0 unspecified atom stereocenters. The van der Waals surface area contributed by atoms with Gasteiger partial charge in [0, 0.05) is 0 Å². The standard InChI is InChI=1S/C13H14OS8/c1-3-5-15-7-8(16-6-4-2)18-9(17-7)10-19-11-12(20-10)22-13(14)21-11/h3-6H2,1-2H3. The quantitative estimate of drug-likeness (QED) is 0.451. The Labute approximate surface area is 164 Å². The fourth-order valence-electron chi connectivity index (χ4n) is 1.58. The molecule has 22 heavy (non-hydrogen) atoms. The second-order valence-electron chi connectivity index (χ2n) is 4.28. The molecule has 0 saturated carbocycles. The van der Waals surface area contributed by atoms with Gasteiger partial charge in [0.05, 0.1) is 25.4 Å². The molecule has 0 atom stereocenters. The number of hydrogen-bond acceptors (Lipinski definition) is 9. The minimum atomic E-state index is 0.220. The zero-order chi connectivity index (χ0) is 15.5. The van der Waals surface area contributed by atoms with Gasteiger partial charge < -0.3 is 0 Å². The SMILES string of the molecule is CCCSC1=C(SCCC)SC(=C2Sc3sc(=O)sc3S2)S1. The van der Waals surface area contributed by atoms with E-state index in [9.17, 15) is 4.79 Å². The van der Waals surface area contributed by atoms with E-state index in [1.54, 1.807) is 23.5 Å². The third-order valence-electron chi connectivity index (χ3n) is 2.47. The first-order valence-corrected chi connectivity index (χ1v) is 13.7. The highest BCUT2D eigenvalue weighted by molar-refractivity contribution is 8.42. The molecule has 2 aliphatic heterocycles. The van der Waals surface area contributed by atoms with Crippen molar-refractivity contribution in [2.45, 2.75) is 35.1 Å². The van der Waals surface area contributed by atoms with Crippen molar-refractivity contribution in [2.24, 2.45) is 0 Å². The Balaban J connectivity index is 1.74. The fraction of sp³-hybridized carbons (Fsp3) is 0.462. The van der Waals surface area contributed by atoms with Gasteiger partial charge in [-0.3, -0.25) is 4.79 Å². The molecule has 0 N–H and O–H groups in total. The summed E-state index contributed by atoms with van der Waals surface area (Å²) in [7, 11) is 0. The van der Waals surface area contributed by atoms with Gasteiger partial charge in [-0.2, -0.15) is 0 Å². The van der Waals surface area contributed by atoms with Crippen molar-refractivity contribution in [3.8, 4) is 0 Å². The molecule has 0 aliphatic carbocycles. The molecular formula is C13H14OS8. The van der Waals surface area contributed by atoms with Crippen LogP contribution in [-0.2, 0) is 0 Å². The van der Waals surface area contributed by atoms with Gasteiger partial charge in [0.25, 0.3) is 4.06 Å². The Hall–Kier alpha value is 1.43. The summed E-state index contributed by atoms with van der Waals surface area (Å²) in [6.07, 6.45) is 2.43. The molecule has 2 aliphatic rings. The molecule has 9 heteroatoms. The molecule has 1 nitrogen and oxygen atoms in total. The van der Waals surface area contributed by atoms with Gasteiger partial charge in [0.2, 0.25) is 0 Å². The number of hydrogen-bond donors (Lipinski definition) is 0. The summed E-state index contributed by atoms with van der Waals surface area (Å²) in [5.41, 5.74) is 0. The van der Waals surface area contributed by atoms with Crippen LogP contribution in [0.25, 0.3) is 0 Å². The Morgan fingerprint density at radius 3 is 1.68 bits per heavy atom. The fourth-order valence-corrected chi connectivity index (χ4v) is 13.3. The van der Waals surface area contributed by atoms with Crippen LogP contribution in [0.15, 0.2) is 30.2 Å². The first-order chi connectivity index (χ1) is 10.7. The molecule has 0 spiro atoms. The number of rotatable bonds is 6. The zero-order valence-electron chi connectivity index (χ0n) is 12.0. The molecule has 3 rings (SSSR count). The second-order valence-corrected chi connectivity index (χ2v) is 14.4. The van der Waals surface area contributed by atoms with Crippen LogP contribution in [0.2, 0.25) is 0 Å². The van der Waals surface area contributed by atoms with Crippen molar-refractivity contribution in [3.63, 3.8) is 0 Å². The minimum Gasteiger partial charge on any atom is -0.265 e. The van der Waals surface area contributed by atoms with Crippen molar-refractivity contribution >= 4 is 93.2 Å². The molecule has 1 aromatic heterocycles. The third-order valence-corrected chi connectivity index (χ3v) is 14.1. The molecular weight excluding hydrogens is 429 g/mol. The molecule has 1 aromatic rings. The monoisotopic (exact) mass is 442 g/mol. The molecule has 0 aromatic carbocycles. The maximum atomic E-state index is 11.4. The largest absolute Gasteiger partial charge is 0.289 e. The lowest BCUT2D eigenvalue weighted by Gasteiger charge is -2.02. The lowest BCUT2D eigenvalue weighted by molar-refractivity contribution is 1.11. The highest BCUT2D eigenvalue weighted by atomic mass is 32.3. The van der Waals surface area contributed by atoms with Gasteiger partial charge in [0.15, 0.2) is 0 Å². The number of thioether (sulfide) groups is 6. The maximum absolute atomic E-state index is 11.4. The number of fused-ring (bicyclic) bond motifs is 1. The van der Waals surface area contributed by atoms with E-state index in [2.05, 4.69) is 13.8 Å². The van der Waals surface area contributed by atoms with Gasteiger partial charge in [0.1, 0.15) is 0 Å². The second kappa shape index (κ2) is 8.69. The van der Waals surface area contributed by atoms with E-state index in [0.717, 1.165) is 0 Å². The topological polar surface area (TPSA) is 17.1 Å². The molecule has 3 heterocycles. The zero-order valence-corrected chi connectivity index (χ0v) is 18.5. The summed E-state index contributed by atoms with van der Waals surface area (Å²) in [6.45, 7) is 4.47. The summed E-state index contributed by atoms with van der Waals surface area (Å²) in [4.78, 5) is 11.4. The first-order valence-electron chi connectivity index (χ1n) is 6.80. The Bertz CT molecular complexity index is 617. The average molecular weight is 443 g/mol. The van der Waals surface area contributed by atoms with Gasteiger partial charge in [-0.1, -0.05) is 83.6 Å². The average Bonchev–Trinajstić information content (AvgIpc) is 3.15. The van der Waals surface area contributed by atoms with E-state index in [1.807, 2.05) is 47.0 Å². The van der Waals surface area contributed by atoms with E-state index in [-0.39, 0.29) is 4.06 Å². The van der Waals surface area contributed by atoms with Gasteiger partial charge in [-0.15, -0.1) is 23.5 Å². The summed E-state index contributed by atoms with van der Waals surface area (Å²) >= 11 is 14.2. The lowest BCUT2D eigenvalue weighted by atomic mass is 10.6. The van der Waals surface area contributed by atoms with Gasteiger partial charge >= 0.3 is 0 Å². The van der Waals surface area contributed by atoms with Gasteiger partial charge in [-0.05, 0) is 24.3 Å². The summed E-state index contributed by atoms with van der Waals surface area (Å²) in [5.74, 6) is 2.38. The van der Waals surface area contributed by atoms with E-state index in [4.69, 9.17) is 0 Å². The smallest absolute Gasteiger partial charge is 0.265 e. The van der Waals surface area contributed by atoms with Crippen LogP contribution in [-0.4, -0.2) is 11.5 Å². The lowest BCUT2D eigenvalue weighted by Crippen LogP contribution is -1.77. The summed E-state index contributed by atoms with van der Waals surface area (Å²) in [6, 6.07) is 0. The first kappa shape index (κ1) is 18.2. The van der Waals surface area contributed by atoms with Crippen molar-refractivity contribution < 1.29 is 0 Å². The van der Waals surface area contributed by atoms with Crippen LogP contribution in [0.3, 0.4) is 0 Å². The summed E-state index contributed by atoms with van der Waals surface area (Å²) < 4.78 is 8.36. The van der Waals surface area contributed by atoms with Crippen LogP contribution in [0, 0.1) is 0 Å². The third kappa shape index (κ3) is 4.33. The predicted octanol–water partition coefficient (Wildman–Crippen LogP) is 7.39. The molecule has 0 amide bonds. The van der Waals surface area contributed by atoms with Crippen LogP contribution in [0.1, 0.15) is 26.7 Å². The minimum absolute atomic E-state index is 0.220. The Kier molecular flexibility index (Phi) is 7.20. The maximum Gasteiger partial charge on any atom is 0.289 e. The normalized spacial score (nSPS) is 17.7. The van der Waals surface area contributed by atoms with E-state index in [0.29, 0.717) is 0 Å². The molecule has 0 radical (unpaired) electrons. The van der Waals surface area contributed by atoms with E-state index >= 15 is 0 Å². The van der Waals surface area contributed by atoms with Crippen LogP contribution >= 0.6 is 93.2 Å². The van der Waals surface area contributed by atoms with Crippen LogP contribution in [0.5, 0.6) is 0 Å². The van der Waals surface area contributed by atoms with Crippen LogP contribution in [0.4, 0.5) is 0 Å². The molecule has 0 fully saturated rings. The molecule has 0 bridgehead atoms. The van der Waals surface area contributed by atoms with Crippen molar-refractivity contribution in [1.82, 2.24) is 0 Å². The van der Waals surface area contributed by atoms with E-state index < -0.39 is 0 Å². The predicted molar refractivity (Wildman–Crippen MR) is 115 cm³/mol. The molecule has 0 saturated heterocycles. The molecule has 120 valence electrons. The Morgan fingerprint density at radius 1 is 0.773 bits per heavy atom. The summed E-state index contributed by atoms with van der Waals surface area (Å²) in [5, 5.41) is 0. The van der Waals surface area contributed by atoms with Crippen molar-refractivity contribution in [2.75, 3.05) is 11.5 Å². The van der Waals surface area contributed by atoms with E-state index in [1.165, 1.54) is 72.4 Å². The van der Waals surface area contributed by atoms with Crippen molar-refractivity contribution in [1.29, 1.82) is 0 Å². The van der Waals surface area contributed by atoms with Crippen molar-refractivity contribution in [3.05, 3.63) is 25.8 Å². The van der Waals surface area contributed by atoms with Crippen LogP contribution < -0.4 is 4.06 Å². The van der Waals surface area contributed by atoms with Gasteiger partial charge in [-0.25, -0.2) is 0 Å². The highest BCUT2D eigenvalue weighted by Gasteiger charge is 2.30. The highest BCUT2D eigenvalue weighted by Crippen LogP contribution is 2.65.